The van der Waals surface area contributed by atoms with Crippen LogP contribution in [0.1, 0.15) is 71.1 Å². The van der Waals surface area contributed by atoms with Gasteiger partial charge in [-0.3, -0.25) is 0 Å². The highest BCUT2D eigenvalue weighted by Gasteiger charge is 2.05. The summed E-state index contributed by atoms with van der Waals surface area (Å²) < 4.78 is 0. The maximum atomic E-state index is 9.70. The zero-order chi connectivity index (χ0) is 12.9. The summed E-state index contributed by atoms with van der Waals surface area (Å²) in [6.45, 7) is 2.22. The summed E-state index contributed by atoms with van der Waals surface area (Å²) in [5, 5.41) is 18.9. The van der Waals surface area contributed by atoms with Crippen LogP contribution in [0.5, 0.6) is 0 Å². The second kappa shape index (κ2) is 12.0. The van der Waals surface area contributed by atoms with Crippen LogP contribution in [0, 0.1) is 12.3 Å². The van der Waals surface area contributed by atoms with Crippen LogP contribution in [-0.4, -0.2) is 22.4 Å². The van der Waals surface area contributed by atoms with Gasteiger partial charge in [0, 0.05) is 0 Å². The summed E-state index contributed by atoms with van der Waals surface area (Å²) >= 11 is 0. The summed E-state index contributed by atoms with van der Waals surface area (Å²) in [6, 6.07) is 0. The molecule has 100 valence electrons. The summed E-state index contributed by atoms with van der Waals surface area (Å²) in [6.07, 6.45) is 14.8. The minimum Gasteiger partial charge on any atom is -0.393 e. The van der Waals surface area contributed by atoms with Gasteiger partial charge in [-0.15, -0.1) is 6.42 Å². The van der Waals surface area contributed by atoms with Crippen molar-refractivity contribution >= 4 is 0 Å². The Kier molecular flexibility index (Phi) is 11.6. The smallest absolute Gasteiger partial charge is 0.114 e. The van der Waals surface area contributed by atoms with Crippen molar-refractivity contribution in [2.24, 2.45) is 0 Å². The van der Waals surface area contributed by atoms with Gasteiger partial charge in [0.2, 0.25) is 0 Å². The van der Waals surface area contributed by atoms with E-state index in [1.165, 1.54) is 32.1 Å². The van der Waals surface area contributed by atoms with Crippen LogP contribution in [0.15, 0.2) is 0 Å². The highest BCUT2D eigenvalue weighted by Crippen LogP contribution is 2.12. The molecule has 0 aromatic rings. The maximum Gasteiger partial charge on any atom is 0.114 e. The molecule has 2 atom stereocenters. The number of aliphatic hydroxyl groups is 2. The van der Waals surface area contributed by atoms with E-state index in [2.05, 4.69) is 12.8 Å². The summed E-state index contributed by atoms with van der Waals surface area (Å²) in [7, 11) is 0. The zero-order valence-electron chi connectivity index (χ0n) is 11.2. The van der Waals surface area contributed by atoms with E-state index in [0.717, 1.165) is 25.7 Å². The van der Waals surface area contributed by atoms with Gasteiger partial charge in [0.25, 0.3) is 0 Å². The fraction of sp³-hybridized carbons (Fsp3) is 0.867. The normalized spacial score (nSPS) is 14.2. The average molecular weight is 240 g/mol. The maximum absolute atomic E-state index is 9.70. The second-order valence-electron chi connectivity index (χ2n) is 4.82. The van der Waals surface area contributed by atoms with E-state index in [1.807, 2.05) is 0 Å². The Morgan fingerprint density at radius 3 is 2.12 bits per heavy atom. The monoisotopic (exact) mass is 240 g/mol. The molecule has 0 aliphatic rings. The third kappa shape index (κ3) is 11.7. The first-order chi connectivity index (χ1) is 8.20. The molecule has 0 aromatic carbocycles. The lowest BCUT2D eigenvalue weighted by atomic mass is 10.0. The minimum atomic E-state index is -0.642. The van der Waals surface area contributed by atoms with E-state index in [-0.39, 0.29) is 6.10 Å². The topological polar surface area (TPSA) is 40.5 Å². The molecule has 0 bridgehead atoms. The van der Waals surface area contributed by atoms with E-state index in [9.17, 15) is 5.11 Å². The van der Waals surface area contributed by atoms with Crippen LogP contribution >= 0.6 is 0 Å². The van der Waals surface area contributed by atoms with Crippen LogP contribution in [0.3, 0.4) is 0 Å². The van der Waals surface area contributed by atoms with Crippen LogP contribution < -0.4 is 0 Å². The predicted molar refractivity (Wildman–Crippen MR) is 72.7 cm³/mol. The molecule has 0 saturated carbocycles. The number of rotatable bonds is 11. The van der Waals surface area contributed by atoms with Gasteiger partial charge in [-0.05, 0) is 25.7 Å². The quantitative estimate of drug-likeness (QED) is 0.430. The number of unbranched alkanes of at least 4 members (excludes halogenated alkanes) is 5. The molecule has 0 rings (SSSR count). The first-order valence-corrected chi connectivity index (χ1v) is 7.03. The Morgan fingerprint density at radius 2 is 1.47 bits per heavy atom. The standard InChI is InChI=1S/C15H28O2/c1-3-5-6-7-8-9-11-15(17)13-10-12-14(16)4-2/h2,14-17H,3,5-13H2,1H3. The third-order valence-corrected chi connectivity index (χ3v) is 3.10. The summed E-state index contributed by atoms with van der Waals surface area (Å²) in [4.78, 5) is 0. The van der Waals surface area contributed by atoms with Crippen LogP contribution in [-0.2, 0) is 0 Å². The number of hydrogen-bond acceptors (Lipinski definition) is 2. The van der Waals surface area contributed by atoms with Crippen LogP contribution in [0.25, 0.3) is 0 Å². The Labute approximate surface area is 106 Å². The Hall–Kier alpha value is -0.520. The molecule has 0 fully saturated rings. The Morgan fingerprint density at radius 1 is 0.882 bits per heavy atom. The lowest BCUT2D eigenvalue weighted by molar-refractivity contribution is 0.139. The van der Waals surface area contributed by atoms with E-state index in [1.54, 1.807) is 0 Å². The molecule has 0 aromatic heterocycles. The van der Waals surface area contributed by atoms with Crippen molar-refractivity contribution in [3.05, 3.63) is 0 Å². The molecule has 0 aliphatic heterocycles. The van der Waals surface area contributed by atoms with Crippen LogP contribution in [0.4, 0.5) is 0 Å². The molecule has 2 heteroatoms. The number of hydrogen-bond donors (Lipinski definition) is 2. The van der Waals surface area contributed by atoms with Gasteiger partial charge in [0.1, 0.15) is 6.10 Å². The highest BCUT2D eigenvalue weighted by atomic mass is 16.3. The van der Waals surface area contributed by atoms with Crippen molar-refractivity contribution in [3.8, 4) is 12.3 Å². The molecule has 0 spiro atoms. The van der Waals surface area contributed by atoms with Gasteiger partial charge in [-0.2, -0.15) is 0 Å². The largest absolute Gasteiger partial charge is 0.393 e. The lowest BCUT2D eigenvalue weighted by Gasteiger charge is -2.10. The average Bonchev–Trinajstić information content (AvgIpc) is 2.33. The molecular weight excluding hydrogens is 212 g/mol. The SMILES string of the molecule is C#CC(O)CCCC(O)CCCCCCCC. The fourth-order valence-electron chi connectivity index (χ4n) is 1.93. The van der Waals surface area contributed by atoms with Crippen molar-refractivity contribution in [2.75, 3.05) is 0 Å². The van der Waals surface area contributed by atoms with Crippen molar-refractivity contribution in [1.82, 2.24) is 0 Å². The van der Waals surface area contributed by atoms with Crippen molar-refractivity contribution in [2.45, 2.75) is 83.3 Å². The molecule has 0 saturated heterocycles. The first-order valence-electron chi connectivity index (χ1n) is 7.03. The first kappa shape index (κ1) is 16.5. The summed E-state index contributed by atoms with van der Waals surface area (Å²) in [5.74, 6) is 2.28. The van der Waals surface area contributed by atoms with Crippen molar-refractivity contribution in [3.63, 3.8) is 0 Å². The van der Waals surface area contributed by atoms with Gasteiger partial charge in [0.05, 0.1) is 6.10 Å². The van der Waals surface area contributed by atoms with Crippen molar-refractivity contribution in [1.29, 1.82) is 0 Å². The molecule has 2 N–H and O–H groups in total. The molecule has 2 unspecified atom stereocenters. The number of aliphatic hydroxyl groups excluding tert-OH is 2. The van der Waals surface area contributed by atoms with Gasteiger partial charge >= 0.3 is 0 Å². The van der Waals surface area contributed by atoms with Gasteiger partial charge in [0.15, 0.2) is 0 Å². The number of terminal acetylenes is 1. The molecule has 0 aliphatic carbocycles. The molecule has 0 amide bonds. The highest BCUT2D eigenvalue weighted by molar-refractivity contribution is 4.92. The zero-order valence-corrected chi connectivity index (χ0v) is 11.2. The van der Waals surface area contributed by atoms with Crippen LogP contribution in [0.2, 0.25) is 0 Å². The molecular formula is C15H28O2. The van der Waals surface area contributed by atoms with E-state index in [0.29, 0.717) is 6.42 Å². The lowest BCUT2D eigenvalue weighted by Crippen LogP contribution is -2.09. The minimum absolute atomic E-state index is 0.217. The second-order valence-corrected chi connectivity index (χ2v) is 4.82. The van der Waals surface area contributed by atoms with E-state index < -0.39 is 6.10 Å². The Balaban J connectivity index is 3.23. The van der Waals surface area contributed by atoms with Crippen molar-refractivity contribution < 1.29 is 10.2 Å². The van der Waals surface area contributed by atoms with E-state index >= 15 is 0 Å². The van der Waals surface area contributed by atoms with E-state index in [4.69, 9.17) is 11.5 Å². The fourth-order valence-corrected chi connectivity index (χ4v) is 1.93. The van der Waals surface area contributed by atoms with Gasteiger partial charge in [-0.25, -0.2) is 0 Å². The molecule has 0 heterocycles. The molecule has 0 radical (unpaired) electrons. The predicted octanol–water partition coefficient (Wildman–Crippen LogP) is 3.26. The molecule has 17 heavy (non-hydrogen) atoms. The van der Waals surface area contributed by atoms with Gasteiger partial charge < -0.3 is 10.2 Å². The van der Waals surface area contributed by atoms with Gasteiger partial charge in [-0.1, -0.05) is 51.4 Å². The Bertz CT molecular complexity index is 196. The molecule has 2 nitrogen and oxygen atoms in total. The summed E-state index contributed by atoms with van der Waals surface area (Å²) in [5.41, 5.74) is 0. The third-order valence-electron chi connectivity index (χ3n) is 3.10.